The molecule has 3 aliphatic rings. The minimum atomic E-state index is -0.121. The predicted octanol–water partition coefficient (Wildman–Crippen LogP) is 2.83. The summed E-state index contributed by atoms with van der Waals surface area (Å²) in [5.74, 6) is 2.17. The average molecular weight is 431 g/mol. The van der Waals surface area contributed by atoms with Gasteiger partial charge in [-0.15, -0.1) is 5.10 Å². The molecule has 1 aromatic carbocycles. The van der Waals surface area contributed by atoms with Crippen LogP contribution in [0.4, 0.5) is 5.95 Å². The molecule has 0 radical (unpaired) electrons. The quantitative estimate of drug-likeness (QED) is 0.656. The van der Waals surface area contributed by atoms with Crippen LogP contribution in [-0.2, 0) is 17.7 Å². The Kier molecular flexibility index (Phi) is 4.93. The number of hydrogen-bond donors (Lipinski definition) is 2. The van der Waals surface area contributed by atoms with Gasteiger partial charge in [0.1, 0.15) is 5.84 Å². The molecular weight excluding hydrogens is 404 g/mol. The summed E-state index contributed by atoms with van der Waals surface area (Å²) in [6, 6.07) is 8.95. The second-order valence-corrected chi connectivity index (χ2v) is 8.84. The monoisotopic (exact) mass is 430 g/mol. The predicted molar refractivity (Wildman–Crippen MR) is 119 cm³/mol. The number of amidine groups is 1. The molecule has 3 aromatic rings. The first-order valence-corrected chi connectivity index (χ1v) is 11.3. The summed E-state index contributed by atoms with van der Waals surface area (Å²) in [4.78, 5) is 17.2. The van der Waals surface area contributed by atoms with Gasteiger partial charge >= 0.3 is 0 Å². The van der Waals surface area contributed by atoms with Gasteiger partial charge in [-0.25, -0.2) is 9.97 Å². The molecule has 1 aliphatic carbocycles. The van der Waals surface area contributed by atoms with Crippen LogP contribution in [-0.4, -0.2) is 55.2 Å². The lowest BCUT2D eigenvalue weighted by atomic mass is 9.93. The average Bonchev–Trinajstić information content (AvgIpc) is 3.60. The number of hydrogen-bond acceptors (Lipinski definition) is 8. The molecule has 1 unspecified atom stereocenters. The van der Waals surface area contributed by atoms with Gasteiger partial charge in [0.05, 0.1) is 18.3 Å². The number of oxime groups is 1. The maximum atomic E-state index is 5.74. The van der Waals surface area contributed by atoms with E-state index >= 15 is 0 Å². The fourth-order valence-electron chi connectivity index (χ4n) is 5.00. The van der Waals surface area contributed by atoms with E-state index in [0.29, 0.717) is 17.9 Å². The van der Waals surface area contributed by atoms with E-state index < -0.39 is 0 Å². The van der Waals surface area contributed by atoms with Crippen LogP contribution in [0, 0.1) is 0 Å². The lowest BCUT2D eigenvalue weighted by molar-refractivity contribution is 0.0850. The van der Waals surface area contributed by atoms with Crippen LogP contribution < -0.4 is 5.32 Å². The molecule has 32 heavy (non-hydrogen) atoms. The minimum Gasteiger partial charge on any atom is -0.386 e. The Hall–Kier alpha value is -3.49. The number of H-pyrrole nitrogens is 1. The number of nitrogens with one attached hydrogen (secondary N) is 2. The van der Waals surface area contributed by atoms with Crippen molar-refractivity contribution in [1.82, 2.24) is 30.3 Å². The Bertz CT molecular complexity index is 1060. The van der Waals surface area contributed by atoms with Crippen molar-refractivity contribution in [2.75, 3.05) is 18.4 Å². The van der Waals surface area contributed by atoms with Gasteiger partial charge in [0.15, 0.2) is 6.10 Å². The van der Waals surface area contributed by atoms with Crippen molar-refractivity contribution in [3.05, 3.63) is 65.2 Å². The number of aromatic amines is 1. The summed E-state index contributed by atoms with van der Waals surface area (Å²) in [7, 11) is 0. The molecule has 0 spiro atoms. The molecule has 1 saturated heterocycles. The second-order valence-electron chi connectivity index (χ2n) is 8.84. The highest BCUT2D eigenvalue weighted by atomic mass is 16.6. The van der Waals surface area contributed by atoms with Gasteiger partial charge in [-0.1, -0.05) is 34.6 Å². The fraction of sp³-hybridized carbons (Fsp3) is 0.435. The molecular formula is C23H26N8O. The molecule has 1 fully saturated rings. The van der Waals surface area contributed by atoms with Crippen molar-refractivity contribution in [2.24, 2.45) is 5.16 Å². The number of rotatable bonds is 4. The third-order valence-corrected chi connectivity index (χ3v) is 6.81. The van der Waals surface area contributed by atoms with Gasteiger partial charge in [-0.3, -0.25) is 5.10 Å². The van der Waals surface area contributed by atoms with E-state index in [9.17, 15) is 0 Å². The number of likely N-dealkylation sites (tertiary alicyclic amines) is 1. The molecule has 0 amide bonds. The van der Waals surface area contributed by atoms with Gasteiger partial charge in [-0.2, -0.15) is 0 Å². The molecule has 2 aromatic heterocycles. The largest absolute Gasteiger partial charge is 0.386 e. The highest BCUT2D eigenvalue weighted by molar-refractivity contribution is 5.83. The van der Waals surface area contributed by atoms with E-state index in [1.807, 2.05) is 18.6 Å². The maximum absolute atomic E-state index is 5.74. The first kappa shape index (κ1) is 19.2. The van der Waals surface area contributed by atoms with Crippen LogP contribution in [0.3, 0.4) is 0 Å². The van der Waals surface area contributed by atoms with E-state index in [-0.39, 0.29) is 6.10 Å². The number of nitrogens with zero attached hydrogens (tertiary/aromatic N) is 6. The van der Waals surface area contributed by atoms with Crippen LogP contribution in [0.15, 0.2) is 48.0 Å². The van der Waals surface area contributed by atoms with Crippen molar-refractivity contribution in [1.29, 1.82) is 0 Å². The number of anilines is 1. The zero-order valence-electron chi connectivity index (χ0n) is 17.8. The molecule has 9 heteroatoms. The minimum absolute atomic E-state index is 0.121. The van der Waals surface area contributed by atoms with Crippen LogP contribution in [0.5, 0.6) is 0 Å². The van der Waals surface area contributed by atoms with Gasteiger partial charge in [0.2, 0.25) is 5.95 Å². The molecule has 4 heterocycles. The van der Waals surface area contributed by atoms with Gasteiger partial charge in [0.25, 0.3) is 0 Å². The first-order valence-electron chi connectivity index (χ1n) is 11.3. The molecule has 6 rings (SSSR count). The van der Waals surface area contributed by atoms with Gasteiger partial charge < -0.3 is 15.1 Å². The van der Waals surface area contributed by atoms with Crippen molar-refractivity contribution in [3.8, 4) is 0 Å². The van der Waals surface area contributed by atoms with E-state index in [0.717, 1.165) is 62.3 Å². The van der Waals surface area contributed by atoms with Crippen LogP contribution in [0.1, 0.15) is 53.7 Å². The third-order valence-electron chi connectivity index (χ3n) is 6.81. The fourth-order valence-corrected chi connectivity index (χ4v) is 5.00. The summed E-state index contributed by atoms with van der Waals surface area (Å²) in [6.07, 6.45) is 10.3. The third kappa shape index (κ3) is 3.79. The van der Waals surface area contributed by atoms with Crippen LogP contribution >= 0.6 is 0 Å². The molecule has 2 aliphatic heterocycles. The zero-order valence-corrected chi connectivity index (χ0v) is 17.8. The topological polar surface area (TPSA) is 104 Å². The normalized spacial score (nSPS) is 21.3. The number of aromatic nitrogens is 5. The highest BCUT2D eigenvalue weighted by Gasteiger charge is 2.30. The smallest absolute Gasteiger partial charge is 0.222 e. The van der Waals surface area contributed by atoms with Gasteiger partial charge in [-0.05, 0) is 36.8 Å². The number of fused-ring (bicyclic) bond motifs is 1. The maximum Gasteiger partial charge on any atom is 0.222 e. The zero-order chi connectivity index (χ0) is 21.3. The Balaban J connectivity index is 1.02. The highest BCUT2D eigenvalue weighted by Crippen LogP contribution is 2.32. The lowest BCUT2D eigenvalue weighted by Crippen LogP contribution is -2.37. The summed E-state index contributed by atoms with van der Waals surface area (Å²) in [6.45, 7) is 1.92. The molecule has 164 valence electrons. The first-order chi connectivity index (χ1) is 15.8. The van der Waals surface area contributed by atoms with E-state index in [2.05, 4.69) is 65.0 Å². The second kappa shape index (κ2) is 8.22. The van der Waals surface area contributed by atoms with E-state index in [1.165, 1.54) is 11.1 Å². The van der Waals surface area contributed by atoms with E-state index in [4.69, 9.17) is 4.84 Å². The Labute approximate surface area is 186 Å². The van der Waals surface area contributed by atoms with Gasteiger partial charge in [0, 0.05) is 43.0 Å². The van der Waals surface area contributed by atoms with Crippen molar-refractivity contribution in [3.63, 3.8) is 0 Å². The Morgan fingerprint density at radius 3 is 2.41 bits per heavy atom. The standard InChI is InChI=1S/C23H26N8O/c1-2-4-17-10-19(9-16(17)3-1)27-23-24-12-18(13-25-23)21-11-22(29-32-21)31-7-5-15(6-8-31)20-14-26-30-28-20/h1-4,12-15,19,21H,5-11H2,(H,24,25,27)(H,26,28,30). The summed E-state index contributed by atoms with van der Waals surface area (Å²) < 4.78 is 0. The van der Waals surface area contributed by atoms with E-state index in [1.54, 1.807) is 0 Å². The summed E-state index contributed by atoms with van der Waals surface area (Å²) in [5.41, 5.74) is 4.91. The molecule has 1 atom stereocenters. The number of piperidine rings is 1. The molecule has 2 N–H and O–H groups in total. The molecule has 0 saturated carbocycles. The molecule has 0 bridgehead atoms. The summed E-state index contributed by atoms with van der Waals surface area (Å²) >= 11 is 0. The van der Waals surface area contributed by atoms with Crippen LogP contribution in [0.2, 0.25) is 0 Å². The number of benzene rings is 1. The SMILES string of the molecule is c1ccc2c(c1)CC(Nc1ncc(C3CC(N4CCC(c5cnn[nH]5)CC4)=NO3)cn1)C2. The summed E-state index contributed by atoms with van der Waals surface area (Å²) in [5, 5.41) is 18.6. The van der Waals surface area contributed by atoms with Crippen molar-refractivity contribution < 1.29 is 4.84 Å². The molecule has 9 nitrogen and oxygen atoms in total. The lowest BCUT2D eigenvalue weighted by Gasteiger charge is -2.32. The Morgan fingerprint density at radius 2 is 1.72 bits per heavy atom. The van der Waals surface area contributed by atoms with Crippen molar-refractivity contribution in [2.45, 2.75) is 50.2 Å². The van der Waals surface area contributed by atoms with Crippen molar-refractivity contribution >= 4 is 11.8 Å². The van der Waals surface area contributed by atoms with Crippen LogP contribution in [0.25, 0.3) is 0 Å². The Morgan fingerprint density at radius 1 is 0.969 bits per heavy atom.